The molecule has 0 amide bonds. The average Bonchev–Trinajstić information content (AvgIpc) is 2.32. The van der Waals surface area contributed by atoms with E-state index in [4.69, 9.17) is 0 Å². The second-order valence-corrected chi connectivity index (χ2v) is 5.50. The van der Waals surface area contributed by atoms with Crippen molar-refractivity contribution >= 4 is 0 Å². The van der Waals surface area contributed by atoms with Crippen molar-refractivity contribution in [3.63, 3.8) is 0 Å². The third-order valence-electron chi connectivity index (χ3n) is 3.73. The van der Waals surface area contributed by atoms with Gasteiger partial charge in [0, 0.05) is 0 Å². The highest BCUT2D eigenvalue weighted by Crippen LogP contribution is 2.22. The summed E-state index contributed by atoms with van der Waals surface area (Å²) < 4.78 is 0. The van der Waals surface area contributed by atoms with E-state index in [2.05, 4.69) is 26.5 Å². The van der Waals surface area contributed by atoms with E-state index in [0.29, 0.717) is 0 Å². The number of rotatable bonds is 1. The van der Waals surface area contributed by atoms with E-state index in [9.17, 15) is 0 Å². The molecule has 0 spiro atoms. The number of hydrogen-bond acceptors (Lipinski definition) is 0. The molecule has 0 saturated heterocycles. The predicted octanol–water partition coefficient (Wildman–Crippen LogP) is 5.65. The fourth-order valence-corrected chi connectivity index (χ4v) is 2.53. The molecule has 0 bridgehead atoms. The summed E-state index contributed by atoms with van der Waals surface area (Å²) in [6.45, 7) is 8.37. The third-order valence-corrected chi connectivity index (χ3v) is 3.73. The standard InChI is InChI=1S/C9H14.C7H14/c1-8(2)9-6-4-3-5-7-9;1-7-5-3-2-4-6-7/h6H,1,3-5,7H2,2H3;7H,2-6H2,1H3. The van der Waals surface area contributed by atoms with Gasteiger partial charge in [-0.1, -0.05) is 57.3 Å². The topological polar surface area (TPSA) is 0 Å². The molecule has 1 fully saturated rings. The molecule has 92 valence electrons. The molecule has 0 heterocycles. The minimum absolute atomic E-state index is 1.04. The van der Waals surface area contributed by atoms with E-state index < -0.39 is 0 Å². The van der Waals surface area contributed by atoms with Crippen molar-refractivity contribution in [1.82, 2.24) is 0 Å². The molecule has 0 aromatic heterocycles. The summed E-state index contributed by atoms with van der Waals surface area (Å²) in [4.78, 5) is 0. The Bertz CT molecular complexity index is 228. The molecule has 0 nitrogen and oxygen atoms in total. The zero-order valence-electron chi connectivity index (χ0n) is 11.2. The highest BCUT2D eigenvalue weighted by atomic mass is 14.1. The minimum Gasteiger partial charge on any atom is -0.0958 e. The average molecular weight is 220 g/mol. The molecule has 0 aliphatic heterocycles. The van der Waals surface area contributed by atoms with Crippen LogP contribution in [0.3, 0.4) is 0 Å². The van der Waals surface area contributed by atoms with Crippen LogP contribution in [0, 0.1) is 5.92 Å². The van der Waals surface area contributed by atoms with E-state index in [-0.39, 0.29) is 0 Å². The molecule has 1 saturated carbocycles. The van der Waals surface area contributed by atoms with Gasteiger partial charge >= 0.3 is 0 Å². The molecule has 2 aliphatic carbocycles. The molecule has 0 unspecified atom stereocenters. The Hall–Kier alpha value is -0.520. The van der Waals surface area contributed by atoms with Gasteiger partial charge < -0.3 is 0 Å². The smallest absolute Gasteiger partial charge is 0.0280 e. The van der Waals surface area contributed by atoms with Gasteiger partial charge in [-0.2, -0.15) is 0 Å². The quantitative estimate of drug-likeness (QED) is 0.535. The molecule has 0 aromatic rings. The van der Waals surface area contributed by atoms with Crippen LogP contribution in [0.5, 0.6) is 0 Å². The Morgan fingerprint density at radius 2 is 1.81 bits per heavy atom. The summed E-state index contributed by atoms with van der Waals surface area (Å²) in [6.07, 6.45) is 15.0. The summed E-state index contributed by atoms with van der Waals surface area (Å²) in [5, 5.41) is 0. The normalized spacial score (nSPS) is 21.8. The maximum absolute atomic E-state index is 3.91. The lowest BCUT2D eigenvalue weighted by Crippen LogP contribution is -1.99. The molecule has 0 N–H and O–H groups in total. The van der Waals surface area contributed by atoms with Gasteiger partial charge in [0.2, 0.25) is 0 Å². The Morgan fingerprint density at radius 1 is 1.12 bits per heavy atom. The molecule has 0 heteroatoms. The molecule has 16 heavy (non-hydrogen) atoms. The van der Waals surface area contributed by atoms with Crippen LogP contribution in [0.2, 0.25) is 0 Å². The summed E-state index contributed by atoms with van der Waals surface area (Å²) in [7, 11) is 0. The van der Waals surface area contributed by atoms with Gasteiger partial charge in [0.15, 0.2) is 0 Å². The van der Waals surface area contributed by atoms with Crippen LogP contribution in [0.25, 0.3) is 0 Å². The van der Waals surface area contributed by atoms with Crippen molar-refractivity contribution < 1.29 is 0 Å². The maximum Gasteiger partial charge on any atom is -0.0280 e. The highest BCUT2D eigenvalue weighted by molar-refractivity contribution is 5.26. The number of hydrogen-bond donors (Lipinski definition) is 0. The lowest BCUT2D eigenvalue weighted by molar-refractivity contribution is 0.385. The molecule has 2 rings (SSSR count). The summed E-state index contributed by atoms with van der Waals surface area (Å²) >= 11 is 0. The van der Waals surface area contributed by atoms with Crippen LogP contribution in [-0.4, -0.2) is 0 Å². The highest BCUT2D eigenvalue weighted by Gasteiger charge is 2.06. The van der Waals surface area contributed by atoms with Crippen molar-refractivity contribution in [3.8, 4) is 0 Å². The first-order chi connectivity index (χ1) is 7.70. The SMILES string of the molecule is C=C(C)C1=CCCCC1.CC1CCCCC1. The van der Waals surface area contributed by atoms with Gasteiger partial charge in [-0.05, 0) is 44.1 Å². The summed E-state index contributed by atoms with van der Waals surface area (Å²) in [5.74, 6) is 1.04. The predicted molar refractivity (Wildman–Crippen MR) is 73.6 cm³/mol. The maximum atomic E-state index is 3.91. The van der Waals surface area contributed by atoms with Crippen molar-refractivity contribution in [3.05, 3.63) is 23.8 Å². The van der Waals surface area contributed by atoms with E-state index in [0.717, 1.165) is 5.92 Å². The van der Waals surface area contributed by atoms with Crippen molar-refractivity contribution in [2.45, 2.75) is 71.6 Å². The second kappa shape index (κ2) is 7.70. The van der Waals surface area contributed by atoms with Crippen LogP contribution in [0.4, 0.5) is 0 Å². The summed E-state index contributed by atoms with van der Waals surface area (Å²) in [5.41, 5.74) is 2.75. The van der Waals surface area contributed by atoms with Gasteiger partial charge in [-0.3, -0.25) is 0 Å². The number of allylic oxidation sites excluding steroid dienone is 3. The molecular formula is C16H28. The van der Waals surface area contributed by atoms with Gasteiger partial charge in [0.25, 0.3) is 0 Å². The van der Waals surface area contributed by atoms with Gasteiger partial charge in [-0.25, -0.2) is 0 Å². The lowest BCUT2D eigenvalue weighted by Gasteiger charge is -2.15. The van der Waals surface area contributed by atoms with E-state index >= 15 is 0 Å². The molecule has 0 aromatic carbocycles. The fraction of sp³-hybridized carbons (Fsp3) is 0.750. The van der Waals surface area contributed by atoms with Crippen LogP contribution < -0.4 is 0 Å². The van der Waals surface area contributed by atoms with Crippen molar-refractivity contribution in [1.29, 1.82) is 0 Å². The first-order valence-corrected chi connectivity index (χ1v) is 7.05. The Labute approximate surface area is 102 Å². The van der Waals surface area contributed by atoms with Gasteiger partial charge in [0.05, 0.1) is 0 Å². The summed E-state index contributed by atoms with van der Waals surface area (Å²) in [6, 6.07) is 0. The van der Waals surface area contributed by atoms with E-state index in [1.54, 1.807) is 0 Å². The molecule has 0 radical (unpaired) electrons. The van der Waals surface area contributed by atoms with Crippen molar-refractivity contribution in [2.75, 3.05) is 0 Å². The van der Waals surface area contributed by atoms with Gasteiger partial charge in [-0.15, -0.1) is 0 Å². The molecular weight excluding hydrogens is 192 g/mol. The van der Waals surface area contributed by atoms with Crippen molar-refractivity contribution in [2.24, 2.45) is 5.92 Å². The Morgan fingerprint density at radius 3 is 2.12 bits per heavy atom. The third kappa shape index (κ3) is 5.53. The molecule has 2 aliphatic rings. The molecule has 0 atom stereocenters. The van der Waals surface area contributed by atoms with Crippen LogP contribution in [0.1, 0.15) is 71.6 Å². The first-order valence-electron chi connectivity index (χ1n) is 7.05. The Balaban J connectivity index is 0.000000165. The largest absolute Gasteiger partial charge is 0.0958 e. The monoisotopic (exact) mass is 220 g/mol. The fourth-order valence-electron chi connectivity index (χ4n) is 2.53. The van der Waals surface area contributed by atoms with Crippen LogP contribution >= 0.6 is 0 Å². The van der Waals surface area contributed by atoms with Gasteiger partial charge in [0.1, 0.15) is 0 Å². The van der Waals surface area contributed by atoms with Crippen LogP contribution in [0.15, 0.2) is 23.8 Å². The first kappa shape index (κ1) is 13.5. The second-order valence-electron chi connectivity index (χ2n) is 5.50. The van der Waals surface area contributed by atoms with E-state index in [1.807, 2.05) is 0 Å². The zero-order chi connectivity index (χ0) is 11.8. The Kier molecular flexibility index (Phi) is 6.52. The minimum atomic E-state index is 1.04. The zero-order valence-corrected chi connectivity index (χ0v) is 11.2. The van der Waals surface area contributed by atoms with E-state index in [1.165, 1.54) is 68.9 Å². The lowest BCUT2D eigenvalue weighted by atomic mass is 9.91. The van der Waals surface area contributed by atoms with Crippen LogP contribution in [-0.2, 0) is 0 Å².